The van der Waals surface area contributed by atoms with Crippen molar-refractivity contribution in [2.75, 3.05) is 6.54 Å². The highest BCUT2D eigenvalue weighted by molar-refractivity contribution is 5.56. The molecular formula is C10H12N2O2. The van der Waals surface area contributed by atoms with E-state index in [4.69, 9.17) is 5.73 Å². The number of non-ortho nitro benzene ring substituents is 1. The summed E-state index contributed by atoms with van der Waals surface area (Å²) < 4.78 is 0. The van der Waals surface area contributed by atoms with Crippen molar-refractivity contribution >= 4 is 11.8 Å². The summed E-state index contributed by atoms with van der Waals surface area (Å²) in [4.78, 5) is 10.1. The minimum atomic E-state index is -0.408. The van der Waals surface area contributed by atoms with Crippen molar-refractivity contribution in [3.05, 3.63) is 45.5 Å². The maximum Gasteiger partial charge on any atom is 0.270 e. The third-order valence-electron chi connectivity index (χ3n) is 1.82. The van der Waals surface area contributed by atoms with E-state index in [0.29, 0.717) is 6.54 Å². The Morgan fingerprint density at radius 3 is 2.93 bits per heavy atom. The normalized spacial score (nSPS) is 11.4. The molecular weight excluding hydrogens is 180 g/mol. The summed E-state index contributed by atoms with van der Waals surface area (Å²) in [6.45, 7) is 2.35. The van der Waals surface area contributed by atoms with Crippen molar-refractivity contribution in [2.45, 2.75) is 6.92 Å². The van der Waals surface area contributed by atoms with Gasteiger partial charge >= 0.3 is 0 Å². The molecule has 0 unspecified atom stereocenters. The zero-order chi connectivity index (χ0) is 10.6. The third kappa shape index (κ3) is 2.67. The van der Waals surface area contributed by atoms with Gasteiger partial charge in [0.25, 0.3) is 5.69 Å². The second kappa shape index (κ2) is 4.53. The lowest BCUT2D eigenvalue weighted by atomic mass is 10.1. The topological polar surface area (TPSA) is 69.2 Å². The van der Waals surface area contributed by atoms with Gasteiger partial charge < -0.3 is 5.73 Å². The largest absolute Gasteiger partial charge is 0.327 e. The van der Waals surface area contributed by atoms with Crippen molar-refractivity contribution in [3.8, 4) is 0 Å². The first-order chi connectivity index (χ1) is 6.63. The molecule has 0 saturated carbocycles. The molecule has 4 heteroatoms. The Bertz CT molecular complexity index is 372. The quantitative estimate of drug-likeness (QED) is 0.587. The molecule has 1 aromatic rings. The van der Waals surface area contributed by atoms with Gasteiger partial charge in [0.1, 0.15) is 0 Å². The van der Waals surface area contributed by atoms with Crippen LogP contribution >= 0.6 is 0 Å². The first kappa shape index (κ1) is 10.4. The van der Waals surface area contributed by atoms with E-state index in [2.05, 4.69) is 0 Å². The van der Waals surface area contributed by atoms with Crippen LogP contribution in [-0.4, -0.2) is 11.5 Å². The van der Waals surface area contributed by atoms with Crippen LogP contribution in [-0.2, 0) is 0 Å². The Kier molecular flexibility index (Phi) is 3.36. The minimum absolute atomic E-state index is 0.101. The highest BCUT2D eigenvalue weighted by atomic mass is 16.6. The van der Waals surface area contributed by atoms with Gasteiger partial charge in [-0.05, 0) is 12.5 Å². The van der Waals surface area contributed by atoms with E-state index < -0.39 is 4.92 Å². The molecule has 74 valence electrons. The van der Waals surface area contributed by atoms with Crippen LogP contribution in [0.2, 0.25) is 0 Å². The smallest absolute Gasteiger partial charge is 0.270 e. The Balaban J connectivity index is 3.00. The Hall–Kier alpha value is -1.68. The molecule has 0 aliphatic carbocycles. The van der Waals surface area contributed by atoms with Gasteiger partial charge in [-0.1, -0.05) is 23.8 Å². The summed E-state index contributed by atoms with van der Waals surface area (Å²) in [5, 5.41) is 10.5. The van der Waals surface area contributed by atoms with Crippen molar-refractivity contribution in [1.29, 1.82) is 0 Å². The van der Waals surface area contributed by atoms with Crippen LogP contribution in [0.5, 0.6) is 0 Å². The molecule has 2 N–H and O–H groups in total. The van der Waals surface area contributed by atoms with E-state index in [-0.39, 0.29) is 5.69 Å². The van der Waals surface area contributed by atoms with E-state index in [9.17, 15) is 10.1 Å². The van der Waals surface area contributed by atoms with E-state index >= 15 is 0 Å². The number of hydrogen-bond donors (Lipinski definition) is 1. The number of nitrogens with two attached hydrogens (primary N) is 1. The van der Waals surface area contributed by atoms with E-state index in [0.717, 1.165) is 11.1 Å². The molecule has 0 saturated heterocycles. The SMILES string of the molecule is CC(=Cc1cccc([N+](=O)[O-])c1)CN. The molecule has 0 bridgehead atoms. The van der Waals surface area contributed by atoms with Crippen LogP contribution in [0.25, 0.3) is 6.08 Å². The standard InChI is InChI=1S/C10H12N2O2/c1-8(7-11)5-9-3-2-4-10(6-9)12(13)14/h2-6H,7,11H2,1H3. The molecule has 0 fully saturated rings. The van der Waals surface area contributed by atoms with E-state index in [1.165, 1.54) is 12.1 Å². The molecule has 0 radical (unpaired) electrons. The Labute approximate surface area is 82.2 Å². The summed E-state index contributed by atoms with van der Waals surface area (Å²) in [7, 11) is 0. The van der Waals surface area contributed by atoms with Crippen LogP contribution in [0.4, 0.5) is 5.69 Å². The fraction of sp³-hybridized carbons (Fsp3) is 0.200. The number of nitro groups is 1. The average molecular weight is 192 g/mol. The van der Waals surface area contributed by atoms with E-state index in [1.54, 1.807) is 6.07 Å². The summed E-state index contributed by atoms with van der Waals surface area (Å²) in [5.74, 6) is 0. The third-order valence-corrected chi connectivity index (χ3v) is 1.82. The fourth-order valence-corrected chi connectivity index (χ4v) is 1.07. The number of rotatable bonds is 3. The maximum absolute atomic E-state index is 10.5. The number of nitro benzene ring substituents is 1. The Morgan fingerprint density at radius 1 is 1.64 bits per heavy atom. The van der Waals surface area contributed by atoms with Crippen LogP contribution in [0.15, 0.2) is 29.8 Å². The molecule has 0 atom stereocenters. The lowest BCUT2D eigenvalue weighted by molar-refractivity contribution is -0.384. The van der Waals surface area contributed by atoms with Gasteiger partial charge in [0.05, 0.1) is 4.92 Å². The zero-order valence-electron chi connectivity index (χ0n) is 7.93. The molecule has 0 spiro atoms. The highest BCUT2D eigenvalue weighted by Crippen LogP contribution is 2.15. The molecule has 1 rings (SSSR count). The molecule has 0 aliphatic rings. The predicted octanol–water partition coefficient (Wildman–Crippen LogP) is 1.96. The summed E-state index contributed by atoms with van der Waals surface area (Å²) >= 11 is 0. The summed E-state index contributed by atoms with van der Waals surface area (Å²) in [5.41, 5.74) is 7.31. The minimum Gasteiger partial charge on any atom is -0.327 e. The number of hydrogen-bond acceptors (Lipinski definition) is 3. The maximum atomic E-state index is 10.5. The van der Waals surface area contributed by atoms with Crippen LogP contribution in [0, 0.1) is 10.1 Å². The molecule has 0 heterocycles. The lowest BCUT2D eigenvalue weighted by Gasteiger charge is -1.97. The molecule has 0 aromatic heterocycles. The van der Waals surface area contributed by atoms with Crippen LogP contribution < -0.4 is 5.73 Å². The van der Waals surface area contributed by atoms with Gasteiger partial charge in [-0.3, -0.25) is 10.1 Å². The van der Waals surface area contributed by atoms with Crippen molar-refractivity contribution in [3.63, 3.8) is 0 Å². The highest BCUT2D eigenvalue weighted by Gasteiger charge is 2.03. The van der Waals surface area contributed by atoms with Gasteiger partial charge in [-0.2, -0.15) is 0 Å². The molecule has 0 amide bonds. The van der Waals surface area contributed by atoms with Gasteiger partial charge in [0.2, 0.25) is 0 Å². The summed E-state index contributed by atoms with van der Waals surface area (Å²) in [6, 6.07) is 6.47. The van der Waals surface area contributed by atoms with Gasteiger partial charge in [0, 0.05) is 18.7 Å². The van der Waals surface area contributed by atoms with Gasteiger partial charge in [0.15, 0.2) is 0 Å². The van der Waals surface area contributed by atoms with Crippen molar-refractivity contribution in [1.82, 2.24) is 0 Å². The molecule has 4 nitrogen and oxygen atoms in total. The van der Waals surface area contributed by atoms with Crippen LogP contribution in [0.1, 0.15) is 12.5 Å². The first-order valence-corrected chi connectivity index (χ1v) is 4.25. The fourth-order valence-electron chi connectivity index (χ4n) is 1.07. The van der Waals surface area contributed by atoms with Crippen LogP contribution in [0.3, 0.4) is 0 Å². The second-order valence-corrected chi connectivity index (χ2v) is 3.05. The van der Waals surface area contributed by atoms with Crippen molar-refractivity contribution < 1.29 is 4.92 Å². The number of benzene rings is 1. The zero-order valence-corrected chi connectivity index (χ0v) is 7.93. The second-order valence-electron chi connectivity index (χ2n) is 3.05. The van der Waals surface area contributed by atoms with Gasteiger partial charge in [-0.15, -0.1) is 0 Å². The van der Waals surface area contributed by atoms with Gasteiger partial charge in [-0.25, -0.2) is 0 Å². The van der Waals surface area contributed by atoms with Crippen molar-refractivity contribution in [2.24, 2.45) is 5.73 Å². The molecule has 0 aliphatic heterocycles. The lowest BCUT2D eigenvalue weighted by Crippen LogP contribution is -1.99. The molecule has 14 heavy (non-hydrogen) atoms. The number of nitrogens with zero attached hydrogens (tertiary/aromatic N) is 1. The Morgan fingerprint density at radius 2 is 2.36 bits per heavy atom. The monoisotopic (exact) mass is 192 g/mol. The molecule has 1 aromatic carbocycles. The average Bonchev–Trinajstić information content (AvgIpc) is 2.18. The summed E-state index contributed by atoms with van der Waals surface area (Å²) in [6.07, 6.45) is 1.84. The first-order valence-electron chi connectivity index (χ1n) is 4.25. The van der Waals surface area contributed by atoms with E-state index in [1.807, 2.05) is 19.1 Å². The predicted molar refractivity (Wildman–Crippen MR) is 55.8 cm³/mol.